The van der Waals surface area contributed by atoms with Crippen LogP contribution in [0.1, 0.15) is 27.9 Å². The van der Waals surface area contributed by atoms with Crippen LogP contribution in [-0.2, 0) is 4.74 Å². The lowest BCUT2D eigenvalue weighted by molar-refractivity contribution is 0.0519. The summed E-state index contributed by atoms with van der Waals surface area (Å²) < 4.78 is 11.0. The van der Waals surface area contributed by atoms with Gasteiger partial charge in [0, 0.05) is 6.20 Å². The molecule has 0 bridgehead atoms. The summed E-state index contributed by atoms with van der Waals surface area (Å²) in [6.07, 6.45) is 3.58. The fourth-order valence-electron chi connectivity index (χ4n) is 1.22. The number of hydrogen-bond acceptors (Lipinski definition) is 6. The normalized spacial score (nSPS) is 10.3. The van der Waals surface area contributed by atoms with Gasteiger partial charge in [-0.3, -0.25) is 4.57 Å². The highest BCUT2D eigenvalue weighted by atomic mass is 16.5. The summed E-state index contributed by atoms with van der Waals surface area (Å²) in [5, 5.41) is 8.71. The lowest BCUT2D eigenvalue weighted by Gasteiger charge is -1.95. The predicted molar refractivity (Wildman–Crippen MR) is 56.5 cm³/mol. The maximum atomic E-state index is 11.3. The van der Waals surface area contributed by atoms with Crippen LogP contribution < -0.4 is 0 Å². The quantitative estimate of drug-likeness (QED) is 0.798. The standard InChI is InChI=1S/C10H9N3O5/c1-2-17-9(16)7-4-18-10(12-7)13-3-6(8(14)15)11-5-13/h3-5H,2H2,1H3,(H,14,15). The molecule has 0 aromatic carbocycles. The van der Waals surface area contributed by atoms with E-state index in [9.17, 15) is 9.59 Å². The van der Waals surface area contributed by atoms with E-state index in [0.717, 1.165) is 6.26 Å². The van der Waals surface area contributed by atoms with E-state index in [1.807, 2.05) is 0 Å². The zero-order valence-electron chi connectivity index (χ0n) is 9.36. The second-order valence-corrected chi connectivity index (χ2v) is 3.21. The van der Waals surface area contributed by atoms with Crippen LogP contribution in [0.25, 0.3) is 6.01 Å². The van der Waals surface area contributed by atoms with Crippen molar-refractivity contribution in [3.05, 3.63) is 30.2 Å². The van der Waals surface area contributed by atoms with E-state index in [0.29, 0.717) is 0 Å². The summed E-state index contributed by atoms with van der Waals surface area (Å²) in [5.74, 6) is -1.77. The summed E-state index contributed by atoms with van der Waals surface area (Å²) in [6.45, 7) is 1.91. The minimum Gasteiger partial charge on any atom is -0.476 e. The van der Waals surface area contributed by atoms with Gasteiger partial charge in [0.1, 0.15) is 12.6 Å². The van der Waals surface area contributed by atoms with Gasteiger partial charge in [0.25, 0.3) is 0 Å². The minimum absolute atomic E-state index is 0.0115. The summed E-state index contributed by atoms with van der Waals surface area (Å²) >= 11 is 0. The van der Waals surface area contributed by atoms with Gasteiger partial charge in [0.05, 0.1) is 6.61 Å². The van der Waals surface area contributed by atoms with Crippen molar-refractivity contribution < 1.29 is 23.8 Å². The van der Waals surface area contributed by atoms with Crippen LogP contribution in [0.2, 0.25) is 0 Å². The lowest BCUT2D eigenvalue weighted by atomic mass is 10.5. The van der Waals surface area contributed by atoms with Crippen molar-refractivity contribution in [2.24, 2.45) is 0 Å². The molecule has 0 amide bonds. The number of imidazole rings is 1. The van der Waals surface area contributed by atoms with Crippen LogP contribution in [0.3, 0.4) is 0 Å². The fraction of sp³-hybridized carbons (Fsp3) is 0.200. The van der Waals surface area contributed by atoms with Crippen molar-refractivity contribution in [1.82, 2.24) is 14.5 Å². The van der Waals surface area contributed by atoms with Crippen LogP contribution in [0.4, 0.5) is 0 Å². The Bertz CT molecular complexity index is 586. The first-order valence-corrected chi connectivity index (χ1v) is 5.02. The number of aromatic carboxylic acids is 1. The molecule has 0 spiro atoms. The SMILES string of the molecule is CCOC(=O)c1coc(-n2cnc(C(=O)O)c2)n1. The third-order valence-electron chi connectivity index (χ3n) is 2.00. The van der Waals surface area contributed by atoms with Crippen LogP contribution >= 0.6 is 0 Å². The van der Waals surface area contributed by atoms with Gasteiger partial charge in [-0.25, -0.2) is 14.6 Å². The second-order valence-electron chi connectivity index (χ2n) is 3.21. The molecule has 18 heavy (non-hydrogen) atoms. The molecule has 0 saturated heterocycles. The average molecular weight is 251 g/mol. The van der Waals surface area contributed by atoms with Crippen LogP contribution in [0.15, 0.2) is 23.2 Å². The van der Waals surface area contributed by atoms with Gasteiger partial charge in [-0.1, -0.05) is 0 Å². The zero-order valence-corrected chi connectivity index (χ0v) is 9.36. The Morgan fingerprint density at radius 3 is 2.89 bits per heavy atom. The number of rotatable bonds is 4. The molecule has 0 unspecified atom stereocenters. The number of hydrogen-bond donors (Lipinski definition) is 1. The highest BCUT2D eigenvalue weighted by Crippen LogP contribution is 2.10. The first-order chi connectivity index (χ1) is 8.61. The van der Waals surface area contributed by atoms with Crippen molar-refractivity contribution in [2.75, 3.05) is 6.61 Å². The monoisotopic (exact) mass is 251 g/mol. The van der Waals surface area contributed by atoms with E-state index in [2.05, 4.69) is 9.97 Å². The van der Waals surface area contributed by atoms with Crippen LogP contribution in [0.5, 0.6) is 0 Å². The predicted octanol–water partition coefficient (Wildman–Crippen LogP) is 0.735. The van der Waals surface area contributed by atoms with Gasteiger partial charge in [-0.2, -0.15) is 4.98 Å². The molecule has 2 rings (SSSR count). The number of ether oxygens (including phenoxy) is 1. The fourth-order valence-corrected chi connectivity index (χ4v) is 1.22. The number of carbonyl (C=O) groups excluding carboxylic acids is 1. The Balaban J connectivity index is 2.23. The summed E-state index contributed by atoms with van der Waals surface area (Å²) in [6, 6.07) is 0.0399. The number of esters is 1. The molecule has 0 aliphatic rings. The van der Waals surface area contributed by atoms with Gasteiger partial charge in [0.2, 0.25) is 0 Å². The molecule has 2 aromatic rings. The highest BCUT2D eigenvalue weighted by molar-refractivity contribution is 5.87. The number of nitrogens with zero attached hydrogens (tertiary/aromatic N) is 3. The molecule has 0 atom stereocenters. The molecule has 0 aliphatic heterocycles. The molecule has 0 fully saturated rings. The highest BCUT2D eigenvalue weighted by Gasteiger charge is 2.15. The number of aromatic nitrogens is 3. The van der Waals surface area contributed by atoms with E-state index < -0.39 is 11.9 Å². The maximum absolute atomic E-state index is 11.3. The third kappa shape index (κ3) is 2.21. The van der Waals surface area contributed by atoms with Crippen LogP contribution in [0, 0.1) is 0 Å². The van der Waals surface area contributed by atoms with Gasteiger partial charge < -0.3 is 14.3 Å². The van der Waals surface area contributed by atoms with Crippen LogP contribution in [-0.4, -0.2) is 38.2 Å². The molecule has 0 saturated carbocycles. The Hall–Kier alpha value is -2.64. The lowest BCUT2D eigenvalue weighted by Crippen LogP contribution is -2.05. The smallest absolute Gasteiger partial charge is 0.360 e. The molecular formula is C10H9N3O5. The summed E-state index contributed by atoms with van der Waals surface area (Å²) in [5.41, 5.74) is -0.136. The van der Waals surface area contributed by atoms with Crippen molar-refractivity contribution in [3.63, 3.8) is 0 Å². The third-order valence-corrected chi connectivity index (χ3v) is 2.00. The first kappa shape index (κ1) is 11.8. The maximum Gasteiger partial charge on any atom is 0.360 e. The van der Waals surface area contributed by atoms with Gasteiger partial charge >= 0.3 is 18.0 Å². The summed E-state index contributed by atoms with van der Waals surface area (Å²) in [7, 11) is 0. The Morgan fingerprint density at radius 2 is 2.28 bits per heavy atom. The largest absolute Gasteiger partial charge is 0.476 e. The molecule has 94 valence electrons. The molecule has 2 heterocycles. The van der Waals surface area contributed by atoms with Crippen molar-refractivity contribution in [1.29, 1.82) is 0 Å². The Labute approximate surface area is 101 Å². The van der Waals surface area contributed by atoms with Crippen molar-refractivity contribution >= 4 is 11.9 Å². The van der Waals surface area contributed by atoms with Gasteiger partial charge in [-0.05, 0) is 6.92 Å². The first-order valence-electron chi connectivity index (χ1n) is 5.02. The van der Waals surface area contributed by atoms with E-state index >= 15 is 0 Å². The number of carboxylic acids is 1. The molecular weight excluding hydrogens is 242 g/mol. The molecule has 2 aromatic heterocycles. The number of carboxylic acid groups (broad SMARTS) is 1. The second kappa shape index (κ2) is 4.70. The number of oxazole rings is 1. The Kier molecular flexibility index (Phi) is 3.09. The molecule has 0 aliphatic carbocycles. The molecule has 0 radical (unpaired) electrons. The minimum atomic E-state index is -1.16. The average Bonchev–Trinajstić information content (AvgIpc) is 2.98. The molecule has 8 heteroatoms. The van der Waals surface area contributed by atoms with Gasteiger partial charge in [-0.15, -0.1) is 0 Å². The molecule has 1 N–H and O–H groups in total. The van der Waals surface area contributed by atoms with Crippen molar-refractivity contribution in [3.8, 4) is 6.01 Å². The van der Waals surface area contributed by atoms with E-state index in [1.165, 1.54) is 17.1 Å². The Morgan fingerprint density at radius 1 is 1.50 bits per heavy atom. The molecule has 8 nitrogen and oxygen atoms in total. The zero-order chi connectivity index (χ0) is 13.1. The number of carbonyl (C=O) groups is 2. The van der Waals surface area contributed by atoms with E-state index in [1.54, 1.807) is 6.92 Å². The summed E-state index contributed by atoms with van der Waals surface area (Å²) in [4.78, 5) is 29.5. The van der Waals surface area contributed by atoms with Crippen molar-refractivity contribution in [2.45, 2.75) is 6.92 Å². The topological polar surface area (TPSA) is 107 Å². The van der Waals surface area contributed by atoms with E-state index in [-0.39, 0.29) is 24.0 Å². The van der Waals surface area contributed by atoms with Gasteiger partial charge in [0.15, 0.2) is 11.4 Å². The van der Waals surface area contributed by atoms with E-state index in [4.69, 9.17) is 14.3 Å².